The number of halogens is 2. The van der Waals surface area contributed by atoms with E-state index in [-0.39, 0.29) is 23.6 Å². The molecule has 1 aromatic heterocycles. The van der Waals surface area contributed by atoms with Gasteiger partial charge in [-0.3, -0.25) is 0 Å². The molecule has 0 aliphatic carbocycles. The van der Waals surface area contributed by atoms with Crippen molar-refractivity contribution in [1.82, 2.24) is 15.6 Å². The summed E-state index contributed by atoms with van der Waals surface area (Å²) in [6.45, 7) is -0.156. The van der Waals surface area contributed by atoms with Crippen molar-refractivity contribution in [2.45, 2.75) is 19.0 Å². The second kappa shape index (κ2) is 8.09. The Labute approximate surface area is 159 Å². The highest BCUT2D eigenvalue weighted by molar-refractivity contribution is 6.31. The third kappa shape index (κ3) is 4.38. The average molecular weight is 390 g/mol. The normalized spacial score (nSPS) is 11.9. The number of para-hydroxylation sites is 1. The van der Waals surface area contributed by atoms with E-state index in [4.69, 9.17) is 11.6 Å². The van der Waals surface area contributed by atoms with Gasteiger partial charge in [0.25, 0.3) is 0 Å². The predicted molar refractivity (Wildman–Crippen MR) is 100 cm³/mol. The van der Waals surface area contributed by atoms with Crippen LogP contribution < -0.4 is 10.6 Å². The summed E-state index contributed by atoms with van der Waals surface area (Å²) in [4.78, 5) is 26.7. The molecule has 1 heterocycles. The second-order valence-electron chi connectivity index (χ2n) is 5.98. The summed E-state index contributed by atoms with van der Waals surface area (Å²) < 4.78 is 13.7. The van der Waals surface area contributed by atoms with Gasteiger partial charge in [0.1, 0.15) is 11.9 Å². The lowest BCUT2D eigenvalue weighted by atomic mass is 10.1. The summed E-state index contributed by atoms with van der Waals surface area (Å²) in [7, 11) is 0. The van der Waals surface area contributed by atoms with E-state index in [1.165, 1.54) is 18.2 Å². The van der Waals surface area contributed by atoms with Crippen molar-refractivity contribution >= 4 is 34.5 Å². The highest BCUT2D eigenvalue weighted by atomic mass is 35.5. The van der Waals surface area contributed by atoms with Crippen LogP contribution in [-0.2, 0) is 17.8 Å². The number of hydrogen-bond donors (Lipinski definition) is 4. The van der Waals surface area contributed by atoms with Gasteiger partial charge in [-0.15, -0.1) is 0 Å². The van der Waals surface area contributed by atoms with Gasteiger partial charge in [0.2, 0.25) is 0 Å². The molecule has 140 valence electrons. The van der Waals surface area contributed by atoms with Gasteiger partial charge < -0.3 is 20.7 Å². The molecule has 0 aliphatic rings. The molecule has 0 unspecified atom stereocenters. The number of aliphatic carboxylic acids is 1. The number of amides is 2. The first-order valence-electron chi connectivity index (χ1n) is 8.20. The van der Waals surface area contributed by atoms with Gasteiger partial charge in [-0.2, -0.15) is 0 Å². The van der Waals surface area contributed by atoms with Gasteiger partial charge in [0.15, 0.2) is 0 Å². The van der Waals surface area contributed by atoms with Crippen LogP contribution >= 0.6 is 11.6 Å². The SMILES string of the molecule is O=C(NCc1c(F)cccc1Cl)N[C@H](Cc1c[nH]c2ccccc12)C(=O)O. The largest absolute Gasteiger partial charge is 0.480 e. The maximum Gasteiger partial charge on any atom is 0.326 e. The van der Waals surface area contributed by atoms with Crippen LogP contribution in [0.2, 0.25) is 5.02 Å². The predicted octanol–water partition coefficient (Wildman–Crippen LogP) is 3.46. The molecule has 1 atom stereocenters. The summed E-state index contributed by atoms with van der Waals surface area (Å²) >= 11 is 5.91. The molecule has 0 saturated carbocycles. The van der Waals surface area contributed by atoms with E-state index in [9.17, 15) is 19.1 Å². The van der Waals surface area contributed by atoms with Crippen molar-refractivity contribution in [2.75, 3.05) is 0 Å². The van der Waals surface area contributed by atoms with Crippen LogP contribution in [-0.4, -0.2) is 28.1 Å². The fraction of sp³-hybridized carbons (Fsp3) is 0.158. The molecule has 4 N–H and O–H groups in total. The molecule has 0 radical (unpaired) electrons. The van der Waals surface area contributed by atoms with E-state index in [0.717, 1.165) is 16.5 Å². The minimum atomic E-state index is -1.17. The molecule has 8 heteroatoms. The van der Waals surface area contributed by atoms with Gasteiger partial charge in [-0.05, 0) is 23.8 Å². The number of benzene rings is 2. The molecule has 3 rings (SSSR count). The third-order valence-electron chi connectivity index (χ3n) is 4.19. The Hall–Kier alpha value is -3.06. The Morgan fingerprint density at radius 1 is 1.19 bits per heavy atom. The van der Waals surface area contributed by atoms with Crippen LogP contribution in [0.15, 0.2) is 48.7 Å². The Morgan fingerprint density at radius 2 is 1.96 bits per heavy atom. The fourth-order valence-corrected chi connectivity index (χ4v) is 3.03. The maximum absolute atomic E-state index is 13.7. The van der Waals surface area contributed by atoms with Crippen molar-refractivity contribution in [3.63, 3.8) is 0 Å². The zero-order valence-electron chi connectivity index (χ0n) is 14.1. The summed E-state index contributed by atoms with van der Waals surface area (Å²) in [5.41, 5.74) is 1.79. The van der Waals surface area contributed by atoms with Gasteiger partial charge in [0.05, 0.1) is 0 Å². The monoisotopic (exact) mass is 389 g/mol. The fourth-order valence-electron chi connectivity index (χ4n) is 2.80. The van der Waals surface area contributed by atoms with E-state index in [2.05, 4.69) is 15.6 Å². The number of urea groups is 1. The number of nitrogens with one attached hydrogen (secondary N) is 3. The van der Waals surface area contributed by atoms with Crippen LogP contribution in [0.4, 0.5) is 9.18 Å². The molecule has 0 fully saturated rings. The molecule has 27 heavy (non-hydrogen) atoms. The molecule has 0 aliphatic heterocycles. The van der Waals surface area contributed by atoms with Crippen LogP contribution in [0.1, 0.15) is 11.1 Å². The number of fused-ring (bicyclic) bond motifs is 1. The number of carbonyl (C=O) groups is 2. The van der Waals surface area contributed by atoms with E-state index in [1.54, 1.807) is 6.20 Å². The topological polar surface area (TPSA) is 94.2 Å². The number of aromatic amines is 1. The third-order valence-corrected chi connectivity index (χ3v) is 4.54. The number of carbonyl (C=O) groups excluding carboxylic acids is 1. The lowest BCUT2D eigenvalue weighted by Crippen LogP contribution is -2.47. The van der Waals surface area contributed by atoms with E-state index in [1.807, 2.05) is 24.3 Å². The molecule has 6 nitrogen and oxygen atoms in total. The first-order chi connectivity index (χ1) is 13.0. The number of carboxylic acid groups (broad SMARTS) is 1. The lowest BCUT2D eigenvalue weighted by Gasteiger charge is -2.15. The molecular formula is C19H17ClFN3O3. The number of aromatic nitrogens is 1. The molecule has 2 aromatic carbocycles. The minimum absolute atomic E-state index is 0.104. The lowest BCUT2D eigenvalue weighted by molar-refractivity contribution is -0.139. The van der Waals surface area contributed by atoms with Crippen molar-refractivity contribution in [2.24, 2.45) is 0 Å². The average Bonchev–Trinajstić information content (AvgIpc) is 3.04. The molecular weight excluding hydrogens is 373 g/mol. The number of rotatable bonds is 6. The first kappa shape index (κ1) is 18.7. The van der Waals surface area contributed by atoms with Crippen molar-refractivity contribution in [3.8, 4) is 0 Å². The van der Waals surface area contributed by atoms with Gasteiger partial charge in [-0.25, -0.2) is 14.0 Å². The molecule has 3 aromatic rings. The van der Waals surface area contributed by atoms with Gasteiger partial charge >= 0.3 is 12.0 Å². The van der Waals surface area contributed by atoms with E-state index < -0.39 is 23.9 Å². The van der Waals surface area contributed by atoms with Gasteiger partial charge in [-0.1, -0.05) is 35.9 Å². The number of H-pyrrole nitrogens is 1. The van der Waals surface area contributed by atoms with Crippen LogP contribution in [0.5, 0.6) is 0 Å². The smallest absolute Gasteiger partial charge is 0.326 e. The van der Waals surface area contributed by atoms with E-state index in [0.29, 0.717) is 0 Å². The molecule has 0 spiro atoms. The highest BCUT2D eigenvalue weighted by Gasteiger charge is 2.22. The number of hydrogen-bond acceptors (Lipinski definition) is 2. The maximum atomic E-state index is 13.7. The zero-order valence-corrected chi connectivity index (χ0v) is 14.9. The van der Waals surface area contributed by atoms with Crippen molar-refractivity contribution in [3.05, 3.63) is 70.6 Å². The number of carboxylic acids is 1. The Bertz CT molecular complexity index is 969. The molecule has 2 amide bonds. The van der Waals surface area contributed by atoms with Crippen molar-refractivity contribution in [1.29, 1.82) is 0 Å². The van der Waals surface area contributed by atoms with Crippen LogP contribution in [0.25, 0.3) is 10.9 Å². The minimum Gasteiger partial charge on any atom is -0.480 e. The molecule has 0 bridgehead atoms. The zero-order chi connectivity index (χ0) is 19.4. The van der Waals surface area contributed by atoms with Crippen LogP contribution in [0.3, 0.4) is 0 Å². The Balaban J connectivity index is 1.65. The summed E-state index contributed by atoms with van der Waals surface area (Å²) in [6, 6.07) is 9.83. The quantitative estimate of drug-likeness (QED) is 0.520. The standard InChI is InChI=1S/C19H17ClFN3O3/c20-14-5-3-6-15(21)13(14)10-23-19(27)24-17(18(25)26)8-11-9-22-16-7-2-1-4-12(11)16/h1-7,9,17,22H,8,10H2,(H,25,26)(H2,23,24,27)/t17-/m1/s1. The first-order valence-corrected chi connectivity index (χ1v) is 8.58. The second-order valence-corrected chi connectivity index (χ2v) is 6.39. The van der Waals surface area contributed by atoms with Crippen LogP contribution in [0, 0.1) is 5.82 Å². The molecule has 0 saturated heterocycles. The Morgan fingerprint density at radius 3 is 2.70 bits per heavy atom. The summed E-state index contributed by atoms with van der Waals surface area (Å²) in [5, 5.41) is 15.3. The Kier molecular flexibility index (Phi) is 5.61. The summed E-state index contributed by atoms with van der Waals surface area (Å²) in [5.74, 6) is -1.71. The highest BCUT2D eigenvalue weighted by Crippen LogP contribution is 2.20. The van der Waals surface area contributed by atoms with Gasteiger partial charge in [0, 0.05) is 40.7 Å². The summed E-state index contributed by atoms with van der Waals surface area (Å²) in [6.07, 6.45) is 1.83. The van der Waals surface area contributed by atoms with Crippen molar-refractivity contribution < 1.29 is 19.1 Å². The van der Waals surface area contributed by atoms with E-state index >= 15 is 0 Å².